The van der Waals surface area contributed by atoms with Gasteiger partial charge in [-0.1, -0.05) is 0 Å². The van der Waals surface area contributed by atoms with Crippen molar-refractivity contribution in [3.63, 3.8) is 0 Å². The van der Waals surface area contributed by atoms with Crippen LogP contribution in [0.1, 0.15) is 26.7 Å². The number of fused-ring (bicyclic) bond motifs is 2. The van der Waals surface area contributed by atoms with Gasteiger partial charge in [0.2, 0.25) is 0 Å². The van der Waals surface area contributed by atoms with E-state index in [2.05, 4.69) is 0 Å². The summed E-state index contributed by atoms with van der Waals surface area (Å²) in [5.74, 6) is -0.312. The topological polar surface area (TPSA) is 55.8 Å². The standard InChI is InChI=1S/C10H15NO4/c1-6(2)14-8(12)10-4-7(5-10)15-9(13)11(10)3/h6-7H,4-5H2,1-3H3. The zero-order valence-corrected chi connectivity index (χ0v) is 9.15. The molecule has 0 radical (unpaired) electrons. The Kier molecular flexibility index (Phi) is 2.13. The van der Waals surface area contributed by atoms with Crippen molar-refractivity contribution in [3.8, 4) is 0 Å². The molecule has 3 aliphatic rings. The van der Waals surface area contributed by atoms with Gasteiger partial charge in [-0.2, -0.15) is 0 Å². The molecule has 0 N–H and O–H groups in total. The number of carbonyl (C=O) groups is 2. The summed E-state index contributed by atoms with van der Waals surface area (Å²) in [5.41, 5.74) is -0.760. The highest BCUT2D eigenvalue weighted by Gasteiger charge is 2.61. The fourth-order valence-electron chi connectivity index (χ4n) is 2.07. The van der Waals surface area contributed by atoms with E-state index in [9.17, 15) is 9.59 Å². The SMILES string of the molecule is CC(C)OC(=O)C12CC(C1)OC(=O)N2C. The fourth-order valence-corrected chi connectivity index (χ4v) is 2.07. The molecule has 1 aliphatic carbocycles. The van der Waals surface area contributed by atoms with Crippen molar-refractivity contribution in [3.05, 3.63) is 0 Å². The maximum absolute atomic E-state index is 11.9. The van der Waals surface area contributed by atoms with Crippen molar-refractivity contribution in [1.29, 1.82) is 0 Å². The molecule has 0 spiro atoms. The molecule has 0 atom stereocenters. The second kappa shape index (κ2) is 3.12. The third-order valence-corrected chi connectivity index (χ3v) is 3.04. The number of carbonyl (C=O) groups excluding carboxylic acids is 2. The van der Waals surface area contributed by atoms with Crippen molar-refractivity contribution in [1.82, 2.24) is 4.90 Å². The van der Waals surface area contributed by atoms with Crippen molar-refractivity contribution >= 4 is 12.1 Å². The molecule has 2 saturated heterocycles. The highest BCUT2D eigenvalue weighted by Crippen LogP contribution is 2.44. The first-order chi connectivity index (χ1) is 6.95. The Balaban J connectivity index is 2.13. The predicted octanol–water partition coefficient (Wildman–Crippen LogP) is 0.921. The summed E-state index contributed by atoms with van der Waals surface area (Å²) in [7, 11) is 1.58. The highest BCUT2D eigenvalue weighted by molar-refractivity contribution is 5.89. The largest absolute Gasteiger partial charge is 0.461 e. The summed E-state index contributed by atoms with van der Waals surface area (Å²) < 4.78 is 10.2. The first kappa shape index (κ1) is 10.3. The van der Waals surface area contributed by atoms with Crippen LogP contribution < -0.4 is 0 Å². The molecule has 5 heteroatoms. The van der Waals surface area contributed by atoms with Crippen molar-refractivity contribution in [2.45, 2.75) is 44.4 Å². The Morgan fingerprint density at radius 1 is 1.60 bits per heavy atom. The third-order valence-electron chi connectivity index (χ3n) is 3.04. The molecule has 0 aromatic heterocycles. The van der Waals surface area contributed by atoms with Crippen molar-refractivity contribution < 1.29 is 19.1 Å². The van der Waals surface area contributed by atoms with Crippen LogP contribution in [-0.4, -0.2) is 41.8 Å². The molecule has 3 fully saturated rings. The van der Waals surface area contributed by atoms with E-state index in [1.54, 1.807) is 20.9 Å². The van der Waals surface area contributed by atoms with Crippen molar-refractivity contribution in [2.24, 2.45) is 0 Å². The number of ether oxygens (including phenoxy) is 2. The van der Waals surface area contributed by atoms with E-state index in [1.165, 1.54) is 4.90 Å². The lowest BCUT2D eigenvalue weighted by atomic mass is 9.72. The fraction of sp³-hybridized carbons (Fsp3) is 0.800. The first-order valence-corrected chi connectivity index (χ1v) is 5.11. The van der Waals surface area contributed by atoms with E-state index >= 15 is 0 Å². The Labute approximate surface area is 88.3 Å². The second-order valence-corrected chi connectivity index (χ2v) is 4.46. The lowest BCUT2D eigenvalue weighted by Crippen LogP contribution is -2.70. The van der Waals surface area contributed by atoms with Gasteiger partial charge < -0.3 is 9.47 Å². The summed E-state index contributed by atoms with van der Waals surface area (Å²) in [6.45, 7) is 3.59. The molecule has 2 heterocycles. The molecule has 5 nitrogen and oxygen atoms in total. The summed E-state index contributed by atoms with van der Waals surface area (Å²) in [4.78, 5) is 24.5. The van der Waals surface area contributed by atoms with E-state index in [-0.39, 0.29) is 18.2 Å². The smallest absolute Gasteiger partial charge is 0.410 e. The number of hydrogen-bond donors (Lipinski definition) is 0. The van der Waals surface area contributed by atoms with Gasteiger partial charge in [0.25, 0.3) is 0 Å². The zero-order valence-electron chi connectivity index (χ0n) is 9.15. The molecule has 0 aromatic rings. The van der Waals surface area contributed by atoms with Gasteiger partial charge >= 0.3 is 12.1 Å². The molecule has 2 aliphatic heterocycles. The lowest BCUT2D eigenvalue weighted by Gasteiger charge is -2.54. The van der Waals surface area contributed by atoms with Gasteiger partial charge in [-0.3, -0.25) is 4.90 Å². The number of nitrogens with zero attached hydrogens (tertiary/aromatic N) is 1. The van der Waals surface area contributed by atoms with Crippen molar-refractivity contribution in [2.75, 3.05) is 7.05 Å². The van der Waals surface area contributed by atoms with Crippen LogP contribution in [0, 0.1) is 0 Å². The molecule has 1 amide bonds. The van der Waals surface area contributed by atoms with Crippen LogP contribution in [0.15, 0.2) is 0 Å². The number of rotatable bonds is 2. The Hall–Kier alpha value is -1.26. The number of amides is 1. The normalized spacial score (nSPS) is 33.5. The summed E-state index contributed by atoms with van der Waals surface area (Å²) in [6.07, 6.45) is 0.422. The molecule has 84 valence electrons. The predicted molar refractivity (Wildman–Crippen MR) is 51.2 cm³/mol. The van der Waals surface area contributed by atoms with Gasteiger partial charge in [0.1, 0.15) is 6.10 Å². The third kappa shape index (κ3) is 1.37. The minimum Gasteiger partial charge on any atom is -0.461 e. The molecule has 2 bridgehead atoms. The van der Waals surface area contributed by atoms with Gasteiger partial charge in [0, 0.05) is 19.9 Å². The van der Waals surface area contributed by atoms with Gasteiger partial charge in [-0.15, -0.1) is 0 Å². The molecular weight excluding hydrogens is 198 g/mol. The van der Waals surface area contributed by atoms with Gasteiger partial charge in [-0.25, -0.2) is 9.59 Å². The average Bonchev–Trinajstić information content (AvgIpc) is 2.05. The second-order valence-electron chi connectivity index (χ2n) is 4.46. The van der Waals surface area contributed by atoms with Crippen LogP contribution in [0.25, 0.3) is 0 Å². The van der Waals surface area contributed by atoms with Crippen LogP contribution in [0.3, 0.4) is 0 Å². The lowest BCUT2D eigenvalue weighted by molar-refractivity contribution is -0.187. The maximum atomic E-state index is 11.9. The molecule has 0 aromatic carbocycles. The van der Waals surface area contributed by atoms with Crippen LogP contribution in [-0.2, 0) is 14.3 Å². The Morgan fingerprint density at radius 3 is 2.73 bits per heavy atom. The number of likely N-dealkylation sites (N-methyl/N-ethyl adjacent to an activating group) is 1. The number of hydrogen-bond acceptors (Lipinski definition) is 4. The van der Waals surface area contributed by atoms with E-state index in [0.29, 0.717) is 12.8 Å². The molecule has 0 unspecified atom stereocenters. The van der Waals surface area contributed by atoms with Crippen LogP contribution in [0.4, 0.5) is 4.79 Å². The molecular formula is C10H15NO4. The zero-order chi connectivity index (χ0) is 11.2. The van der Waals surface area contributed by atoms with Gasteiger partial charge in [0.05, 0.1) is 6.10 Å². The molecule has 1 saturated carbocycles. The van der Waals surface area contributed by atoms with Gasteiger partial charge in [0.15, 0.2) is 5.54 Å². The molecule has 15 heavy (non-hydrogen) atoms. The quantitative estimate of drug-likeness (QED) is 0.640. The Morgan fingerprint density at radius 2 is 2.20 bits per heavy atom. The summed E-state index contributed by atoms with van der Waals surface area (Å²) in [6, 6.07) is 0. The minimum atomic E-state index is -0.760. The summed E-state index contributed by atoms with van der Waals surface area (Å²) in [5, 5.41) is 0. The summed E-state index contributed by atoms with van der Waals surface area (Å²) >= 11 is 0. The number of esters is 1. The van der Waals surface area contributed by atoms with Gasteiger partial charge in [-0.05, 0) is 13.8 Å². The van der Waals surface area contributed by atoms with Crippen LogP contribution in [0.2, 0.25) is 0 Å². The van der Waals surface area contributed by atoms with E-state index in [1.807, 2.05) is 0 Å². The average molecular weight is 213 g/mol. The highest BCUT2D eigenvalue weighted by atomic mass is 16.6. The van der Waals surface area contributed by atoms with E-state index < -0.39 is 11.6 Å². The van der Waals surface area contributed by atoms with E-state index in [0.717, 1.165) is 0 Å². The monoisotopic (exact) mass is 213 g/mol. The van der Waals surface area contributed by atoms with Crippen LogP contribution >= 0.6 is 0 Å². The Bertz CT molecular complexity index is 307. The van der Waals surface area contributed by atoms with Crippen LogP contribution in [0.5, 0.6) is 0 Å². The molecule has 3 rings (SSSR count). The van der Waals surface area contributed by atoms with E-state index in [4.69, 9.17) is 9.47 Å². The first-order valence-electron chi connectivity index (χ1n) is 5.11. The minimum absolute atomic E-state index is 0.103. The maximum Gasteiger partial charge on any atom is 0.410 e.